The molecule has 2 aromatic carbocycles. The third-order valence-electron chi connectivity index (χ3n) is 2.75. The molecule has 0 saturated carbocycles. The summed E-state index contributed by atoms with van der Waals surface area (Å²) in [6.07, 6.45) is 0.970. The van der Waals surface area contributed by atoms with Gasteiger partial charge in [0.25, 0.3) is 0 Å². The summed E-state index contributed by atoms with van der Waals surface area (Å²) >= 11 is 7.75. The molecule has 0 aliphatic heterocycles. The number of nitrogens with zero attached hydrogens (tertiary/aromatic N) is 1. The molecule has 0 bridgehead atoms. The van der Waals surface area contributed by atoms with Gasteiger partial charge in [0.2, 0.25) is 10.0 Å². The average Bonchev–Trinajstić information content (AvgIpc) is 2.47. The number of carbonyl (C=O) groups excluding carboxylic acids is 1. The molecule has 0 radical (unpaired) electrons. The SMILES string of the molecule is CS(=O)(=O)N(C(=O)C#Cc1ccc(Cl)cc1)c1ccccc1I. The summed E-state index contributed by atoms with van der Waals surface area (Å²) in [4.78, 5) is 12.3. The van der Waals surface area contributed by atoms with Crippen molar-refractivity contribution in [2.24, 2.45) is 0 Å². The van der Waals surface area contributed by atoms with Crippen LogP contribution in [0.25, 0.3) is 0 Å². The molecule has 1 amide bonds. The van der Waals surface area contributed by atoms with Crippen LogP contribution in [-0.2, 0) is 14.8 Å². The first kappa shape index (κ1) is 17.8. The van der Waals surface area contributed by atoms with E-state index in [2.05, 4.69) is 11.8 Å². The molecule has 0 heterocycles. The lowest BCUT2D eigenvalue weighted by Gasteiger charge is -2.18. The van der Waals surface area contributed by atoms with Crippen LogP contribution in [0.3, 0.4) is 0 Å². The zero-order chi connectivity index (χ0) is 17.0. The van der Waals surface area contributed by atoms with Crippen molar-refractivity contribution in [3.8, 4) is 11.8 Å². The fourth-order valence-electron chi connectivity index (χ4n) is 1.76. The molecular formula is C16H11ClINO3S. The molecular weight excluding hydrogens is 449 g/mol. The van der Waals surface area contributed by atoms with Crippen molar-refractivity contribution in [1.82, 2.24) is 0 Å². The Bertz CT molecular complexity index is 899. The first-order chi connectivity index (χ1) is 10.8. The van der Waals surface area contributed by atoms with E-state index in [1.807, 2.05) is 22.6 Å². The van der Waals surface area contributed by atoms with Crippen LogP contribution >= 0.6 is 34.2 Å². The van der Waals surface area contributed by atoms with Crippen LogP contribution < -0.4 is 4.31 Å². The summed E-state index contributed by atoms with van der Waals surface area (Å²) in [6, 6.07) is 13.3. The van der Waals surface area contributed by atoms with Crippen LogP contribution in [0.1, 0.15) is 5.56 Å². The number of hydrogen-bond acceptors (Lipinski definition) is 3. The molecule has 0 aliphatic rings. The Morgan fingerprint density at radius 1 is 1.13 bits per heavy atom. The fraction of sp³-hybridized carbons (Fsp3) is 0.0625. The van der Waals surface area contributed by atoms with Gasteiger partial charge in [0.1, 0.15) is 0 Å². The molecule has 0 aliphatic carbocycles. The molecule has 0 atom stereocenters. The van der Waals surface area contributed by atoms with Gasteiger partial charge in [-0.25, -0.2) is 8.42 Å². The van der Waals surface area contributed by atoms with Gasteiger partial charge < -0.3 is 0 Å². The smallest absolute Gasteiger partial charge is 0.258 e. The number of rotatable bonds is 2. The van der Waals surface area contributed by atoms with Gasteiger partial charge in [0.15, 0.2) is 0 Å². The molecule has 0 N–H and O–H groups in total. The second kappa shape index (κ2) is 7.34. The summed E-state index contributed by atoms with van der Waals surface area (Å²) in [6.45, 7) is 0. The van der Waals surface area contributed by atoms with Crippen LogP contribution in [0.4, 0.5) is 5.69 Å². The largest absolute Gasteiger partial charge is 0.317 e. The first-order valence-electron chi connectivity index (χ1n) is 6.35. The minimum Gasteiger partial charge on any atom is -0.258 e. The summed E-state index contributed by atoms with van der Waals surface area (Å²) in [5.41, 5.74) is 0.852. The van der Waals surface area contributed by atoms with Gasteiger partial charge in [-0.1, -0.05) is 29.7 Å². The van der Waals surface area contributed by atoms with Crippen LogP contribution in [0.5, 0.6) is 0 Å². The molecule has 23 heavy (non-hydrogen) atoms. The standard InChI is InChI=1S/C16H11ClINO3S/c1-23(21,22)19(15-5-3-2-4-14(15)18)16(20)11-8-12-6-9-13(17)10-7-12/h2-7,9-10H,1H3. The third kappa shape index (κ3) is 4.70. The Hall–Kier alpha value is -1.56. The normalized spacial score (nSPS) is 10.6. The Morgan fingerprint density at radius 2 is 1.74 bits per heavy atom. The number of benzene rings is 2. The lowest BCUT2D eigenvalue weighted by Crippen LogP contribution is -2.35. The highest BCUT2D eigenvalue weighted by molar-refractivity contribution is 14.1. The fourth-order valence-corrected chi connectivity index (χ4v) is 3.55. The van der Waals surface area contributed by atoms with E-state index in [0.29, 0.717) is 18.5 Å². The number of amides is 1. The Labute approximate surface area is 153 Å². The van der Waals surface area contributed by atoms with Crippen molar-refractivity contribution in [3.63, 3.8) is 0 Å². The molecule has 0 fully saturated rings. The van der Waals surface area contributed by atoms with Crippen molar-refractivity contribution in [1.29, 1.82) is 0 Å². The minimum atomic E-state index is -3.80. The molecule has 2 rings (SSSR count). The van der Waals surface area contributed by atoms with E-state index in [4.69, 9.17) is 11.6 Å². The van der Waals surface area contributed by atoms with Gasteiger partial charge >= 0.3 is 5.91 Å². The average molecular weight is 460 g/mol. The summed E-state index contributed by atoms with van der Waals surface area (Å²) in [7, 11) is -3.80. The topological polar surface area (TPSA) is 54.5 Å². The van der Waals surface area contributed by atoms with Crippen LogP contribution in [0.15, 0.2) is 48.5 Å². The van der Waals surface area contributed by atoms with Gasteiger partial charge in [-0.2, -0.15) is 4.31 Å². The van der Waals surface area contributed by atoms with Gasteiger partial charge in [-0.05, 0) is 59.0 Å². The lowest BCUT2D eigenvalue weighted by atomic mass is 10.2. The van der Waals surface area contributed by atoms with Crippen molar-refractivity contribution in [2.45, 2.75) is 0 Å². The third-order valence-corrected chi connectivity index (χ3v) is 4.94. The highest BCUT2D eigenvalue weighted by Crippen LogP contribution is 2.24. The van der Waals surface area contributed by atoms with Crippen LogP contribution in [0, 0.1) is 15.4 Å². The summed E-state index contributed by atoms with van der Waals surface area (Å²) in [5, 5.41) is 0.554. The second-order valence-electron chi connectivity index (χ2n) is 4.54. The highest BCUT2D eigenvalue weighted by Gasteiger charge is 2.25. The van der Waals surface area contributed by atoms with Gasteiger partial charge in [-0.15, -0.1) is 0 Å². The van der Waals surface area contributed by atoms with Crippen molar-refractivity contribution in [3.05, 3.63) is 62.7 Å². The van der Waals surface area contributed by atoms with Gasteiger partial charge in [-0.3, -0.25) is 4.79 Å². The molecule has 0 unspecified atom stereocenters. The van der Waals surface area contributed by atoms with Crippen molar-refractivity contribution < 1.29 is 13.2 Å². The zero-order valence-corrected chi connectivity index (χ0v) is 15.7. The summed E-state index contributed by atoms with van der Waals surface area (Å²) in [5.74, 6) is 4.20. The molecule has 118 valence electrons. The quantitative estimate of drug-likeness (QED) is 0.512. The number of anilines is 1. The number of para-hydroxylation sites is 1. The van der Waals surface area contributed by atoms with E-state index in [0.717, 1.165) is 6.26 Å². The van der Waals surface area contributed by atoms with Crippen LogP contribution in [0.2, 0.25) is 5.02 Å². The predicted octanol–water partition coefficient (Wildman–Crippen LogP) is 3.29. The Kier molecular flexibility index (Phi) is 5.68. The van der Waals surface area contributed by atoms with E-state index in [-0.39, 0.29) is 5.69 Å². The molecule has 0 spiro atoms. The van der Waals surface area contributed by atoms with E-state index >= 15 is 0 Å². The monoisotopic (exact) mass is 459 g/mol. The van der Waals surface area contributed by atoms with Gasteiger partial charge in [0, 0.05) is 20.1 Å². The predicted molar refractivity (Wildman–Crippen MR) is 99.8 cm³/mol. The van der Waals surface area contributed by atoms with E-state index in [1.54, 1.807) is 48.5 Å². The highest BCUT2D eigenvalue weighted by atomic mass is 127. The van der Waals surface area contributed by atoms with Crippen LogP contribution in [-0.4, -0.2) is 20.6 Å². The Morgan fingerprint density at radius 3 is 2.30 bits per heavy atom. The van der Waals surface area contributed by atoms with E-state index in [1.165, 1.54) is 0 Å². The van der Waals surface area contributed by atoms with E-state index < -0.39 is 15.9 Å². The minimum absolute atomic E-state index is 0.283. The first-order valence-corrected chi connectivity index (χ1v) is 9.66. The zero-order valence-electron chi connectivity index (χ0n) is 12.0. The molecule has 0 aromatic heterocycles. The maximum atomic E-state index is 12.3. The van der Waals surface area contributed by atoms with Gasteiger partial charge in [0.05, 0.1) is 11.9 Å². The number of carbonyl (C=O) groups is 1. The lowest BCUT2D eigenvalue weighted by molar-refractivity contribution is -0.112. The number of halogens is 2. The van der Waals surface area contributed by atoms with Crippen molar-refractivity contribution in [2.75, 3.05) is 10.6 Å². The summed E-state index contributed by atoms with van der Waals surface area (Å²) < 4.78 is 25.3. The number of hydrogen-bond donors (Lipinski definition) is 0. The molecule has 2 aromatic rings. The molecule has 4 nitrogen and oxygen atoms in total. The Balaban J connectivity index is 2.40. The van der Waals surface area contributed by atoms with E-state index in [9.17, 15) is 13.2 Å². The molecule has 7 heteroatoms. The maximum Gasteiger partial charge on any atom is 0.317 e. The number of sulfonamides is 1. The maximum absolute atomic E-state index is 12.3. The van der Waals surface area contributed by atoms with Crippen molar-refractivity contribution >= 4 is 55.8 Å². The molecule has 0 saturated heterocycles. The second-order valence-corrected chi connectivity index (χ2v) is 7.97.